The quantitative estimate of drug-likeness (QED) is 0.0709. The minimum atomic E-state index is 0.290. The summed E-state index contributed by atoms with van der Waals surface area (Å²) < 4.78 is 8.76. The average Bonchev–Trinajstić information content (AvgIpc) is 0.770. The summed E-state index contributed by atoms with van der Waals surface area (Å²) in [5, 5.41) is 10.3. The van der Waals surface area contributed by atoms with E-state index in [4.69, 9.17) is 24.7 Å². The Labute approximate surface area is 679 Å². The zero-order valence-corrected chi connectivity index (χ0v) is 68.2. The molecular weight excluding hydrogens is 1570 g/mol. The lowest BCUT2D eigenvalue weighted by molar-refractivity contribution is 0.0384. The molecule has 0 spiro atoms. The SMILES string of the molecule is Brc1cccc(C2Cc3cnc(Nc4ccc(CCN5CCOCC5)cc4)nc3-c3ccccc32)c1.CN(CCc1ccc(Nc2ncc3c(n2)-c2ccccc2C(c2cccc(Br)c2)C3)cc1)C1CCCCC1.CN1CCN(CCc2ccc(Nc3ncc4c(n3)-c3ccccc3C(c3cccc(Br)c3)C4)cc2)CC1. The van der Waals surface area contributed by atoms with Crippen LogP contribution in [0.15, 0.2) is 250 Å². The molecule has 18 rings (SSSR count). The molecule has 3 atom stereocenters. The average molecular weight is 1660 g/mol. The summed E-state index contributed by atoms with van der Waals surface area (Å²) in [5.41, 5.74) is 25.2. The predicted octanol–water partition coefficient (Wildman–Crippen LogP) is 20.5. The number of ether oxygens (including phenoxy) is 1. The first-order valence-corrected chi connectivity index (χ1v) is 42.0. The molecule has 17 heteroatoms. The third kappa shape index (κ3) is 19.0. The lowest BCUT2D eigenvalue weighted by Gasteiger charge is -2.32. The monoisotopic (exact) mass is 1660 g/mol. The Bertz CT molecular complexity index is 5140. The fraction of sp³-hybridized carbons (Fsp3) is 0.298. The van der Waals surface area contributed by atoms with E-state index in [1.165, 1.54) is 142 Å². The van der Waals surface area contributed by atoms with Gasteiger partial charge >= 0.3 is 0 Å². The highest BCUT2D eigenvalue weighted by Crippen LogP contribution is 2.46. The van der Waals surface area contributed by atoms with Crippen molar-refractivity contribution < 1.29 is 4.74 Å². The van der Waals surface area contributed by atoms with Crippen LogP contribution in [0.5, 0.6) is 0 Å². The Hall–Kier alpha value is -9.14. The largest absolute Gasteiger partial charge is 0.379 e. The number of nitrogens with one attached hydrogen (secondary N) is 3. The van der Waals surface area contributed by atoms with E-state index in [2.05, 4.69) is 326 Å². The molecule has 3 N–H and O–H groups in total. The molecule has 0 amide bonds. The number of anilines is 6. The summed E-state index contributed by atoms with van der Waals surface area (Å²) in [4.78, 5) is 39.0. The van der Waals surface area contributed by atoms with Crippen LogP contribution in [0.1, 0.15) is 117 Å². The highest BCUT2D eigenvalue weighted by Gasteiger charge is 2.32. The maximum atomic E-state index is 5.44. The molecule has 2 aliphatic heterocycles. The molecule has 12 aromatic rings. The lowest BCUT2D eigenvalue weighted by atomic mass is 9.78. The number of aromatic nitrogens is 6. The Kier molecular flexibility index (Phi) is 24.7. The number of piperazine rings is 1. The molecule has 1 saturated carbocycles. The van der Waals surface area contributed by atoms with Gasteiger partial charge in [0.1, 0.15) is 0 Å². The van der Waals surface area contributed by atoms with Crippen molar-refractivity contribution in [2.75, 3.05) is 102 Å². The Morgan fingerprint density at radius 2 is 0.766 bits per heavy atom. The number of morpholine rings is 1. The molecule has 0 bridgehead atoms. The predicted molar refractivity (Wildman–Crippen MR) is 462 cm³/mol. The maximum Gasteiger partial charge on any atom is 0.227 e. The van der Waals surface area contributed by atoms with Gasteiger partial charge in [0.05, 0.1) is 30.3 Å². The number of halogens is 3. The second-order valence-electron chi connectivity index (χ2n) is 30.5. The van der Waals surface area contributed by atoms with Crippen molar-refractivity contribution in [2.24, 2.45) is 0 Å². The summed E-state index contributed by atoms with van der Waals surface area (Å²) in [6.07, 6.45) is 18.8. The minimum absolute atomic E-state index is 0.290. The molecule has 5 heterocycles. The molecule has 111 heavy (non-hydrogen) atoms. The lowest BCUT2D eigenvalue weighted by Crippen LogP contribution is -2.45. The zero-order chi connectivity index (χ0) is 75.4. The molecule has 3 fully saturated rings. The molecule has 4 aliphatic carbocycles. The van der Waals surface area contributed by atoms with Gasteiger partial charge in [0.15, 0.2) is 0 Å². The molecule has 0 radical (unpaired) electrons. The van der Waals surface area contributed by atoms with Crippen molar-refractivity contribution >= 4 is 82.7 Å². The van der Waals surface area contributed by atoms with Gasteiger partial charge in [-0.05, 0) is 205 Å². The van der Waals surface area contributed by atoms with Crippen molar-refractivity contribution in [3.63, 3.8) is 0 Å². The standard InChI is InChI=1S/C33H35BrN4.C31H32BrN5.C30H29BrN4O/c1-38(28-10-3-2-4-11-28)19-18-23-14-16-27(17-15-23)36-33-35-22-25-21-31(24-8-7-9-26(34)20-24)29-12-5-6-13-30(29)32(25)37-33;1-36-15-17-37(18-16-36)14-13-22-9-11-26(12-10-22)34-31-33-21-24-20-29(23-5-4-6-25(32)19-23)27-7-2-3-8-28(27)30(24)35-31;31-24-5-3-4-22(18-24)28-19-23-20-32-30(34-29(23)27-7-2-1-6-26(27)28)33-25-10-8-21(9-11-25)12-13-35-14-16-36-17-15-35/h5-9,12-17,20,22,28,31H,2-4,10-11,18-19,21H2,1H3,(H,35,36,37);2-12,19,21,29H,13-18,20H2,1H3,(H,33,34,35);1-11,18,20,28H,12-17,19H2,(H,32,33,34). The second-order valence-corrected chi connectivity index (χ2v) is 33.2. The van der Waals surface area contributed by atoms with Crippen molar-refractivity contribution in [1.82, 2.24) is 49.5 Å². The van der Waals surface area contributed by atoms with Crippen LogP contribution in [0.3, 0.4) is 0 Å². The number of benzene rings is 9. The number of hydrogen-bond acceptors (Lipinski definition) is 14. The fourth-order valence-corrected chi connectivity index (χ4v) is 18.0. The second kappa shape index (κ2) is 36.1. The molecule has 14 nitrogen and oxygen atoms in total. The molecule has 564 valence electrons. The van der Waals surface area contributed by atoms with E-state index in [1.807, 2.05) is 18.6 Å². The van der Waals surface area contributed by atoms with Gasteiger partial charge in [-0.1, -0.05) is 213 Å². The van der Waals surface area contributed by atoms with Crippen LogP contribution in [-0.4, -0.2) is 142 Å². The molecular formula is C94H96Br3N13O. The van der Waals surface area contributed by atoms with Gasteiger partial charge in [0.25, 0.3) is 0 Å². The van der Waals surface area contributed by atoms with Gasteiger partial charge in [-0.2, -0.15) is 0 Å². The van der Waals surface area contributed by atoms with E-state index in [-0.39, 0.29) is 0 Å². The minimum Gasteiger partial charge on any atom is -0.379 e. The van der Waals surface area contributed by atoms with E-state index in [0.717, 1.165) is 138 Å². The molecule has 3 aromatic heterocycles. The summed E-state index contributed by atoms with van der Waals surface area (Å²) in [5.74, 6) is 2.79. The summed E-state index contributed by atoms with van der Waals surface area (Å²) in [6, 6.07) is 78.6. The van der Waals surface area contributed by atoms with Gasteiger partial charge in [0.2, 0.25) is 17.8 Å². The normalized spacial score (nSPS) is 17.4. The Morgan fingerprint density at radius 3 is 1.14 bits per heavy atom. The maximum absolute atomic E-state index is 5.44. The fourth-order valence-electron chi connectivity index (χ4n) is 16.8. The first-order valence-electron chi connectivity index (χ1n) is 39.6. The van der Waals surface area contributed by atoms with Crippen LogP contribution < -0.4 is 16.0 Å². The smallest absolute Gasteiger partial charge is 0.227 e. The summed E-state index contributed by atoms with van der Waals surface area (Å²) in [7, 11) is 4.49. The first kappa shape index (κ1) is 75.9. The molecule has 3 unspecified atom stereocenters. The highest BCUT2D eigenvalue weighted by atomic mass is 79.9. The van der Waals surface area contributed by atoms with Crippen molar-refractivity contribution in [1.29, 1.82) is 0 Å². The topological polar surface area (TPSA) is 136 Å². The Morgan fingerprint density at radius 1 is 0.405 bits per heavy atom. The van der Waals surface area contributed by atoms with Gasteiger partial charge in [-0.3, -0.25) is 4.90 Å². The van der Waals surface area contributed by atoms with Crippen molar-refractivity contribution in [3.05, 3.63) is 317 Å². The van der Waals surface area contributed by atoms with Crippen LogP contribution >= 0.6 is 47.8 Å². The van der Waals surface area contributed by atoms with Crippen molar-refractivity contribution in [3.8, 4) is 33.8 Å². The Balaban J connectivity index is 0.000000126. The number of nitrogens with zero attached hydrogens (tertiary/aromatic N) is 10. The van der Waals surface area contributed by atoms with Crippen LogP contribution in [0.4, 0.5) is 34.9 Å². The molecule has 2 saturated heterocycles. The molecule has 9 aromatic carbocycles. The van der Waals surface area contributed by atoms with Crippen LogP contribution in [-0.2, 0) is 43.3 Å². The number of fused-ring (bicyclic) bond motifs is 9. The van der Waals surface area contributed by atoms with E-state index < -0.39 is 0 Å². The van der Waals surface area contributed by atoms with E-state index in [9.17, 15) is 0 Å². The highest BCUT2D eigenvalue weighted by molar-refractivity contribution is 9.11. The zero-order valence-electron chi connectivity index (χ0n) is 63.4. The number of likely N-dealkylation sites (N-methyl/N-ethyl adjacent to an activating group) is 2. The van der Waals surface area contributed by atoms with Crippen LogP contribution in [0.2, 0.25) is 0 Å². The number of hydrogen-bond donors (Lipinski definition) is 3. The van der Waals surface area contributed by atoms with E-state index in [1.54, 1.807) is 0 Å². The molecule has 6 aliphatic rings. The summed E-state index contributed by atoms with van der Waals surface area (Å²) >= 11 is 10.9. The third-order valence-electron chi connectivity index (χ3n) is 23.1. The van der Waals surface area contributed by atoms with Crippen LogP contribution in [0.25, 0.3) is 33.8 Å². The van der Waals surface area contributed by atoms with Gasteiger partial charge in [-0.15, -0.1) is 0 Å². The first-order chi connectivity index (χ1) is 54.5. The summed E-state index contributed by atoms with van der Waals surface area (Å²) in [6.45, 7) is 11.7. The van der Waals surface area contributed by atoms with E-state index >= 15 is 0 Å². The third-order valence-corrected chi connectivity index (χ3v) is 24.6. The van der Waals surface area contributed by atoms with Gasteiger partial charge in [-0.25, -0.2) is 29.9 Å². The van der Waals surface area contributed by atoms with Gasteiger partial charge in [0, 0.05) is 148 Å². The van der Waals surface area contributed by atoms with E-state index in [0.29, 0.717) is 35.6 Å². The van der Waals surface area contributed by atoms with Crippen molar-refractivity contribution in [2.45, 2.75) is 94.4 Å². The van der Waals surface area contributed by atoms with Gasteiger partial charge < -0.3 is 35.4 Å². The number of rotatable bonds is 19. The van der Waals surface area contributed by atoms with Crippen LogP contribution in [0, 0.1) is 0 Å².